The summed E-state index contributed by atoms with van der Waals surface area (Å²) in [5.41, 5.74) is 0.510. The van der Waals surface area contributed by atoms with Crippen LogP contribution in [0.1, 0.15) is 0 Å². The summed E-state index contributed by atoms with van der Waals surface area (Å²) in [6.45, 7) is 2.95. The summed E-state index contributed by atoms with van der Waals surface area (Å²) in [4.78, 5) is 26.2. The number of anilines is 1. The van der Waals surface area contributed by atoms with Crippen LogP contribution in [-0.2, 0) is 9.59 Å². The van der Waals surface area contributed by atoms with Crippen LogP contribution in [0.5, 0.6) is 0 Å². The Morgan fingerprint density at radius 1 is 1.25 bits per heavy atom. The molecule has 1 saturated heterocycles. The van der Waals surface area contributed by atoms with Crippen LogP contribution in [0, 0.1) is 0 Å². The highest BCUT2D eigenvalue weighted by Gasteiger charge is 2.18. The molecule has 0 unspecified atom stereocenters. The lowest BCUT2D eigenvalue weighted by Crippen LogP contribution is -2.48. The van der Waals surface area contributed by atoms with Gasteiger partial charge in [-0.3, -0.25) is 14.5 Å². The summed E-state index contributed by atoms with van der Waals surface area (Å²) in [6, 6.07) is 5.10. The van der Waals surface area contributed by atoms with Gasteiger partial charge in [-0.25, -0.2) is 0 Å². The molecule has 1 aromatic carbocycles. The molecule has 1 aromatic rings. The number of halogens is 2. The van der Waals surface area contributed by atoms with Gasteiger partial charge in [0.15, 0.2) is 0 Å². The molecular formula is C13H15Cl2N3O2. The van der Waals surface area contributed by atoms with Crippen LogP contribution in [0.3, 0.4) is 0 Å². The second-order valence-corrected chi connectivity index (χ2v) is 5.35. The van der Waals surface area contributed by atoms with E-state index in [1.807, 2.05) is 4.90 Å². The van der Waals surface area contributed by atoms with Crippen molar-refractivity contribution in [1.29, 1.82) is 0 Å². The van der Waals surface area contributed by atoms with E-state index >= 15 is 0 Å². The minimum Gasteiger partial charge on any atom is -0.343 e. The van der Waals surface area contributed by atoms with Crippen LogP contribution in [0.2, 0.25) is 10.0 Å². The predicted molar refractivity (Wildman–Crippen MR) is 79.2 cm³/mol. The lowest BCUT2D eigenvalue weighted by Gasteiger charge is -2.31. The molecule has 1 aliphatic heterocycles. The molecule has 0 aliphatic carbocycles. The Morgan fingerprint density at radius 2 is 1.95 bits per heavy atom. The van der Waals surface area contributed by atoms with Crippen molar-refractivity contribution in [2.75, 3.05) is 38.0 Å². The standard InChI is InChI=1S/C13H15Cl2N3O2/c14-10-2-1-3-11(13(10)15)16-12(20)8-17-4-6-18(9-19)7-5-17/h1-3,9H,4-8H2,(H,16,20). The number of carbonyl (C=O) groups is 2. The maximum atomic E-state index is 12.0. The van der Waals surface area contributed by atoms with Gasteiger partial charge in [-0.05, 0) is 12.1 Å². The summed E-state index contributed by atoms with van der Waals surface area (Å²) < 4.78 is 0. The van der Waals surface area contributed by atoms with Crippen molar-refractivity contribution in [2.24, 2.45) is 0 Å². The summed E-state index contributed by atoms with van der Waals surface area (Å²) in [6.07, 6.45) is 0.836. The summed E-state index contributed by atoms with van der Waals surface area (Å²) >= 11 is 11.9. The van der Waals surface area contributed by atoms with Gasteiger partial charge in [-0.15, -0.1) is 0 Å². The van der Waals surface area contributed by atoms with Gasteiger partial charge in [0.05, 0.1) is 22.3 Å². The average molecular weight is 316 g/mol. The lowest BCUT2D eigenvalue weighted by atomic mass is 10.3. The molecule has 20 heavy (non-hydrogen) atoms. The lowest BCUT2D eigenvalue weighted by molar-refractivity contribution is -0.120. The molecule has 7 heteroatoms. The van der Waals surface area contributed by atoms with Gasteiger partial charge in [-0.1, -0.05) is 29.3 Å². The van der Waals surface area contributed by atoms with E-state index in [1.54, 1.807) is 23.1 Å². The van der Waals surface area contributed by atoms with E-state index in [-0.39, 0.29) is 12.5 Å². The summed E-state index contributed by atoms with van der Waals surface area (Å²) in [5, 5.41) is 3.49. The predicted octanol–water partition coefficient (Wildman–Crippen LogP) is 1.71. The van der Waals surface area contributed by atoms with Gasteiger partial charge in [0.2, 0.25) is 12.3 Å². The molecule has 0 radical (unpaired) electrons. The quantitative estimate of drug-likeness (QED) is 0.861. The van der Waals surface area contributed by atoms with Crippen molar-refractivity contribution in [3.8, 4) is 0 Å². The zero-order valence-electron chi connectivity index (χ0n) is 10.8. The Labute approximate surface area is 127 Å². The fourth-order valence-electron chi connectivity index (χ4n) is 2.02. The number of carbonyl (C=O) groups excluding carboxylic acids is 2. The second kappa shape index (κ2) is 6.92. The minimum atomic E-state index is -0.145. The molecule has 0 spiro atoms. The van der Waals surface area contributed by atoms with Crippen molar-refractivity contribution < 1.29 is 9.59 Å². The van der Waals surface area contributed by atoms with E-state index in [9.17, 15) is 9.59 Å². The van der Waals surface area contributed by atoms with Crippen LogP contribution in [0.25, 0.3) is 0 Å². The Hall–Kier alpha value is -1.30. The van der Waals surface area contributed by atoms with Crippen LogP contribution in [0.15, 0.2) is 18.2 Å². The topological polar surface area (TPSA) is 52.7 Å². The zero-order valence-corrected chi connectivity index (χ0v) is 12.3. The molecule has 1 N–H and O–H groups in total. The Balaban J connectivity index is 1.87. The first-order chi connectivity index (χ1) is 9.60. The molecular weight excluding hydrogens is 301 g/mol. The molecule has 1 aliphatic rings. The molecule has 0 bridgehead atoms. The normalized spacial score (nSPS) is 16.0. The first-order valence-corrected chi connectivity index (χ1v) is 7.01. The third-order valence-corrected chi connectivity index (χ3v) is 3.97. The summed E-state index contributed by atoms with van der Waals surface area (Å²) in [5.74, 6) is -0.145. The number of hydrogen-bond acceptors (Lipinski definition) is 3. The van der Waals surface area contributed by atoms with Gasteiger partial charge >= 0.3 is 0 Å². The molecule has 1 heterocycles. The Bertz CT molecular complexity index is 502. The van der Waals surface area contributed by atoms with Crippen molar-refractivity contribution in [3.05, 3.63) is 28.2 Å². The minimum absolute atomic E-state index is 0.145. The van der Waals surface area contributed by atoms with E-state index in [1.165, 1.54) is 0 Å². The van der Waals surface area contributed by atoms with Crippen LogP contribution >= 0.6 is 23.2 Å². The number of rotatable bonds is 4. The largest absolute Gasteiger partial charge is 0.343 e. The molecule has 108 valence electrons. The molecule has 2 rings (SSSR count). The molecule has 5 nitrogen and oxygen atoms in total. The highest BCUT2D eigenvalue weighted by molar-refractivity contribution is 6.43. The third kappa shape index (κ3) is 3.85. The van der Waals surface area contributed by atoms with Crippen molar-refractivity contribution in [3.63, 3.8) is 0 Å². The van der Waals surface area contributed by atoms with E-state index in [2.05, 4.69) is 5.32 Å². The number of piperazine rings is 1. The first kappa shape index (κ1) is 15.1. The fourth-order valence-corrected chi connectivity index (χ4v) is 2.37. The van der Waals surface area contributed by atoms with E-state index < -0.39 is 0 Å². The summed E-state index contributed by atoms with van der Waals surface area (Å²) in [7, 11) is 0. The van der Waals surface area contributed by atoms with Gasteiger partial charge in [0.1, 0.15) is 0 Å². The van der Waals surface area contributed by atoms with Gasteiger partial charge in [-0.2, -0.15) is 0 Å². The van der Waals surface area contributed by atoms with Crippen molar-refractivity contribution in [1.82, 2.24) is 9.80 Å². The van der Waals surface area contributed by atoms with Gasteiger partial charge < -0.3 is 10.2 Å². The average Bonchev–Trinajstić information content (AvgIpc) is 2.45. The number of amides is 2. The number of nitrogens with one attached hydrogen (secondary N) is 1. The molecule has 1 fully saturated rings. The fraction of sp³-hybridized carbons (Fsp3) is 0.385. The smallest absolute Gasteiger partial charge is 0.238 e. The number of nitrogens with zero attached hydrogens (tertiary/aromatic N) is 2. The molecule has 0 atom stereocenters. The van der Waals surface area contributed by atoms with Crippen molar-refractivity contribution >= 4 is 41.2 Å². The zero-order chi connectivity index (χ0) is 14.5. The maximum Gasteiger partial charge on any atom is 0.238 e. The Morgan fingerprint density at radius 3 is 2.60 bits per heavy atom. The Kier molecular flexibility index (Phi) is 5.23. The molecule has 0 saturated carbocycles. The van der Waals surface area contributed by atoms with Gasteiger partial charge in [0, 0.05) is 26.2 Å². The number of benzene rings is 1. The van der Waals surface area contributed by atoms with E-state index in [4.69, 9.17) is 23.2 Å². The first-order valence-electron chi connectivity index (χ1n) is 6.25. The van der Waals surface area contributed by atoms with E-state index in [0.29, 0.717) is 41.9 Å². The van der Waals surface area contributed by atoms with Crippen molar-refractivity contribution in [2.45, 2.75) is 0 Å². The van der Waals surface area contributed by atoms with Crippen LogP contribution < -0.4 is 5.32 Å². The van der Waals surface area contributed by atoms with Crippen LogP contribution in [-0.4, -0.2) is 54.8 Å². The highest BCUT2D eigenvalue weighted by Crippen LogP contribution is 2.29. The highest BCUT2D eigenvalue weighted by atomic mass is 35.5. The van der Waals surface area contributed by atoms with E-state index in [0.717, 1.165) is 6.41 Å². The maximum absolute atomic E-state index is 12.0. The second-order valence-electron chi connectivity index (χ2n) is 4.57. The van der Waals surface area contributed by atoms with Gasteiger partial charge in [0.25, 0.3) is 0 Å². The molecule has 0 aromatic heterocycles. The third-order valence-electron chi connectivity index (χ3n) is 3.15. The number of hydrogen-bond donors (Lipinski definition) is 1. The monoisotopic (exact) mass is 315 g/mol. The van der Waals surface area contributed by atoms with Crippen LogP contribution in [0.4, 0.5) is 5.69 Å². The molecule has 2 amide bonds. The SMILES string of the molecule is O=CN1CCN(CC(=O)Nc2cccc(Cl)c2Cl)CC1.